The summed E-state index contributed by atoms with van der Waals surface area (Å²) in [6.45, 7) is 0.110. The lowest BCUT2D eigenvalue weighted by atomic mass is 10.0. The van der Waals surface area contributed by atoms with Crippen molar-refractivity contribution in [2.45, 2.75) is 6.61 Å². The van der Waals surface area contributed by atoms with E-state index >= 15 is 0 Å². The van der Waals surface area contributed by atoms with Crippen molar-refractivity contribution >= 4 is 33.3 Å². The fourth-order valence-corrected chi connectivity index (χ4v) is 3.26. The Morgan fingerprint density at radius 2 is 1.94 bits per heavy atom. The van der Waals surface area contributed by atoms with Gasteiger partial charge in [0.05, 0.1) is 23.7 Å². The van der Waals surface area contributed by atoms with E-state index in [0.29, 0.717) is 38.2 Å². The van der Waals surface area contributed by atoms with E-state index in [0.717, 1.165) is 0 Å². The van der Waals surface area contributed by atoms with Crippen LogP contribution in [0, 0.1) is 27.3 Å². The number of hydrogen-bond acceptors (Lipinski definition) is 5. The average Bonchev–Trinajstić information content (AvgIpc) is 2.78. The summed E-state index contributed by atoms with van der Waals surface area (Å²) in [5, 5.41) is 20.5. The van der Waals surface area contributed by atoms with Gasteiger partial charge in [-0.2, -0.15) is 5.26 Å². The van der Waals surface area contributed by atoms with Gasteiger partial charge >= 0.3 is 0 Å². The normalized spacial score (nSPS) is 11.0. The molecule has 0 aliphatic carbocycles. The molecule has 0 aliphatic heterocycles. The summed E-state index contributed by atoms with van der Waals surface area (Å²) in [6.07, 6.45) is 1.66. The molecule has 0 amide bonds. The molecular formula is C23H16BrFN2O4. The van der Waals surface area contributed by atoms with Gasteiger partial charge in [0.2, 0.25) is 0 Å². The van der Waals surface area contributed by atoms with Crippen molar-refractivity contribution in [3.05, 3.63) is 97.8 Å². The monoisotopic (exact) mass is 482 g/mol. The van der Waals surface area contributed by atoms with Crippen LogP contribution in [-0.2, 0) is 6.61 Å². The number of non-ortho nitro benzene ring substituents is 1. The van der Waals surface area contributed by atoms with E-state index in [1.807, 2.05) is 0 Å². The highest BCUT2D eigenvalue weighted by Crippen LogP contribution is 2.36. The molecule has 0 fully saturated rings. The molecule has 3 aromatic carbocycles. The van der Waals surface area contributed by atoms with E-state index in [4.69, 9.17) is 9.47 Å². The third-order valence-electron chi connectivity index (χ3n) is 4.37. The zero-order valence-electron chi connectivity index (χ0n) is 16.3. The highest BCUT2D eigenvalue weighted by Gasteiger charge is 2.12. The SMILES string of the molecule is COc1cc(/C=C(/C#N)c2ccc(F)cc2)c(Br)cc1OCc1cccc([N+](=O)[O-])c1. The Bertz CT molecular complexity index is 1190. The molecule has 0 unspecified atom stereocenters. The quantitative estimate of drug-likeness (QED) is 0.174. The number of nitro groups is 1. The van der Waals surface area contributed by atoms with Crippen molar-refractivity contribution in [3.63, 3.8) is 0 Å². The molecule has 0 spiro atoms. The Morgan fingerprint density at radius 3 is 2.58 bits per heavy atom. The first-order chi connectivity index (χ1) is 14.9. The van der Waals surface area contributed by atoms with Crippen LogP contribution in [0.5, 0.6) is 11.5 Å². The number of nitro benzene ring substituents is 1. The molecule has 3 aromatic rings. The first-order valence-electron chi connectivity index (χ1n) is 9.02. The van der Waals surface area contributed by atoms with Crippen LogP contribution < -0.4 is 9.47 Å². The molecule has 3 rings (SSSR count). The third-order valence-corrected chi connectivity index (χ3v) is 5.06. The number of benzene rings is 3. The fourth-order valence-electron chi connectivity index (χ4n) is 2.82. The number of rotatable bonds is 7. The Hall–Kier alpha value is -3.70. The van der Waals surface area contributed by atoms with Crippen LogP contribution in [0.25, 0.3) is 11.6 Å². The molecule has 0 heterocycles. The summed E-state index contributed by atoms with van der Waals surface area (Å²) in [7, 11) is 1.49. The maximum atomic E-state index is 13.2. The van der Waals surface area contributed by atoms with Gasteiger partial charge in [-0.3, -0.25) is 10.1 Å². The van der Waals surface area contributed by atoms with Gasteiger partial charge in [-0.25, -0.2) is 4.39 Å². The van der Waals surface area contributed by atoms with E-state index in [-0.39, 0.29) is 18.1 Å². The van der Waals surface area contributed by atoms with Crippen molar-refractivity contribution in [1.82, 2.24) is 0 Å². The second-order valence-corrected chi connectivity index (χ2v) is 7.27. The largest absolute Gasteiger partial charge is 0.493 e. The zero-order chi connectivity index (χ0) is 22.4. The summed E-state index contributed by atoms with van der Waals surface area (Å²) in [6, 6.07) is 17.3. The van der Waals surface area contributed by atoms with Gasteiger partial charge in [0.15, 0.2) is 11.5 Å². The fraction of sp³-hybridized carbons (Fsp3) is 0.0870. The molecule has 0 saturated heterocycles. The van der Waals surface area contributed by atoms with Gasteiger partial charge < -0.3 is 9.47 Å². The molecule has 0 bridgehead atoms. The van der Waals surface area contributed by atoms with E-state index < -0.39 is 4.92 Å². The van der Waals surface area contributed by atoms with Crippen LogP contribution >= 0.6 is 15.9 Å². The molecule has 0 N–H and O–H groups in total. The Balaban J connectivity index is 1.87. The van der Waals surface area contributed by atoms with Gasteiger partial charge in [-0.05, 0) is 47.0 Å². The minimum Gasteiger partial charge on any atom is -0.493 e. The molecule has 6 nitrogen and oxygen atoms in total. The number of allylic oxidation sites excluding steroid dienone is 1. The number of ether oxygens (including phenoxy) is 2. The zero-order valence-corrected chi connectivity index (χ0v) is 17.9. The molecule has 8 heteroatoms. The minimum absolute atomic E-state index is 0.0143. The Morgan fingerprint density at radius 1 is 1.19 bits per heavy atom. The summed E-state index contributed by atoms with van der Waals surface area (Å²) in [4.78, 5) is 10.5. The highest BCUT2D eigenvalue weighted by atomic mass is 79.9. The number of nitriles is 1. The van der Waals surface area contributed by atoms with Gasteiger partial charge in [-0.1, -0.05) is 40.2 Å². The smallest absolute Gasteiger partial charge is 0.269 e. The summed E-state index contributed by atoms with van der Waals surface area (Å²) >= 11 is 3.47. The first-order valence-corrected chi connectivity index (χ1v) is 9.82. The number of nitrogens with zero attached hydrogens (tertiary/aromatic N) is 2. The summed E-state index contributed by atoms with van der Waals surface area (Å²) in [5.41, 5.74) is 2.23. The van der Waals surface area contributed by atoms with Crippen molar-refractivity contribution in [3.8, 4) is 17.6 Å². The van der Waals surface area contributed by atoms with Crippen molar-refractivity contribution in [2.24, 2.45) is 0 Å². The molecular weight excluding hydrogens is 467 g/mol. The highest BCUT2D eigenvalue weighted by molar-refractivity contribution is 9.10. The molecule has 0 aromatic heterocycles. The van der Waals surface area contributed by atoms with Gasteiger partial charge in [0, 0.05) is 16.6 Å². The predicted octanol–water partition coefficient (Wildman–Crippen LogP) is 6.15. The van der Waals surface area contributed by atoms with E-state index in [2.05, 4.69) is 22.0 Å². The number of halogens is 2. The number of methoxy groups -OCH3 is 1. The topological polar surface area (TPSA) is 85.4 Å². The van der Waals surface area contributed by atoms with Crippen LogP contribution in [-0.4, -0.2) is 12.0 Å². The van der Waals surface area contributed by atoms with Crippen molar-refractivity contribution in [2.75, 3.05) is 7.11 Å². The van der Waals surface area contributed by atoms with Crippen molar-refractivity contribution in [1.29, 1.82) is 5.26 Å². The summed E-state index contributed by atoms with van der Waals surface area (Å²) in [5.74, 6) is 0.476. The molecule has 31 heavy (non-hydrogen) atoms. The predicted molar refractivity (Wildman–Crippen MR) is 118 cm³/mol. The number of hydrogen-bond donors (Lipinski definition) is 0. The van der Waals surface area contributed by atoms with Crippen LogP contribution in [0.1, 0.15) is 16.7 Å². The average molecular weight is 483 g/mol. The second-order valence-electron chi connectivity index (χ2n) is 6.42. The van der Waals surface area contributed by atoms with Crippen molar-refractivity contribution < 1.29 is 18.8 Å². The van der Waals surface area contributed by atoms with Gasteiger partial charge in [0.25, 0.3) is 5.69 Å². The van der Waals surface area contributed by atoms with E-state index in [1.165, 1.54) is 43.5 Å². The van der Waals surface area contributed by atoms with E-state index in [9.17, 15) is 19.8 Å². The lowest BCUT2D eigenvalue weighted by molar-refractivity contribution is -0.384. The van der Waals surface area contributed by atoms with Crippen LogP contribution in [0.4, 0.5) is 10.1 Å². The molecule has 0 atom stereocenters. The van der Waals surface area contributed by atoms with Crippen LogP contribution in [0.15, 0.2) is 65.1 Å². The van der Waals surface area contributed by atoms with Gasteiger partial charge in [0.1, 0.15) is 12.4 Å². The first kappa shape index (κ1) is 22.0. The molecule has 0 saturated carbocycles. The Kier molecular flexibility index (Phi) is 7.00. The standard InChI is InChI=1S/C23H16BrFN2O4/c1-30-22-11-17(10-18(13-26)16-5-7-19(25)8-6-16)21(24)12-23(22)31-14-15-3-2-4-20(9-15)27(28)29/h2-12H,14H2,1H3/b18-10-. The summed E-state index contributed by atoms with van der Waals surface area (Å²) < 4.78 is 25.0. The maximum Gasteiger partial charge on any atom is 0.269 e. The third kappa shape index (κ3) is 5.47. The lowest BCUT2D eigenvalue weighted by Crippen LogP contribution is -1.99. The van der Waals surface area contributed by atoms with Crippen LogP contribution in [0.3, 0.4) is 0 Å². The molecule has 156 valence electrons. The van der Waals surface area contributed by atoms with Crippen LogP contribution in [0.2, 0.25) is 0 Å². The minimum atomic E-state index is -0.463. The molecule has 0 radical (unpaired) electrons. The maximum absolute atomic E-state index is 13.2. The second kappa shape index (κ2) is 9.87. The van der Waals surface area contributed by atoms with Gasteiger partial charge in [-0.15, -0.1) is 0 Å². The van der Waals surface area contributed by atoms with E-state index in [1.54, 1.807) is 30.3 Å². The Labute approximate surface area is 186 Å². The lowest BCUT2D eigenvalue weighted by Gasteiger charge is -2.13. The molecule has 0 aliphatic rings.